The van der Waals surface area contributed by atoms with Crippen LogP contribution in [0.1, 0.15) is 0 Å². The first kappa shape index (κ1) is 20.2. The molecule has 7 nitrogen and oxygen atoms in total. The number of methoxy groups -OCH3 is 2. The molecule has 1 fully saturated rings. The highest BCUT2D eigenvalue weighted by Crippen LogP contribution is 2.39. The van der Waals surface area contributed by atoms with Crippen molar-refractivity contribution in [2.24, 2.45) is 0 Å². The van der Waals surface area contributed by atoms with Gasteiger partial charge in [-0.2, -0.15) is 4.31 Å². The Balaban J connectivity index is 1.52. The molecule has 2 heterocycles. The summed E-state index contributed by atoms with van der Waals surface area (Å²) in [6.07, 6.45) is 0. The number of thiazole rings is 1. The van der Waals surface area contributed by atoms with Gasteiger partial charge in [-0.05, 0) is 36.4 Å². The molecule has 10 heteroatoms. The average Bonchev–Trinajstić information content (AvgIpc) is 3.21. The number of ether oxygens (including phenoxy) is 2. The van der Waals surface area contributed by atoms with Crippen LogP contribution in [-0.4, -0.2) is 58.1 Å². The first-order valence-corrected chi connectivity index (χ1v) is 11.6. The molecule has 0 bridgehead atoms. The zero-order chi connectivity index (χ0) is 20.6. The Morgan fingerprint density at radius 2 is 1.69 bits per heavy atom. The van der Waals surface area contributed by atoms with E-state index < -0.39 is 10.0 Å². The Bertz CT molecular complexity index is 1120. The predicted octanol–water partition coefficient (Wildman–Crippen LogP) is 3.48. The zero-order valence-electron chi connectivity index (χ0n) is 16.0. The van der Waals surface area contributed by atoms with Crippen molar-refractivity contribution in [2.75, 3.05) is 45.3 Å². The maximum atomic E-state index is 12.9. The molecule has 0 amide bonds. The van der Waals surface area contributed by atoms with Crippen LogP contribution in [0.3, 0.4) is 0 Å². The number of benzene rings is 2. The van der Waals surface area contributed by atoms with Gasteiger partial charge in [0, 0.05) is 26.2 Å². The minimum atomic E-state index is -3.54. The number of fused-ring (bicyclic) bond motifs is 1. The van der Waals surface area contributed by atoms with Crippen molar-refractivity contribution in [1.82, 2.24) is 9.29 Å². The van der Waals surface area contributed by atoms with Gasteiger partial charge in [-0.25, -0.2) is 13.4 Å². The molecule has 4 rings (SSSR count). The number of hydrogen-bond acceptors (Lipinski definition) is 7. The highest BCUT2D eigenvalue weighted by molar-refractivity contribution is 7.89. The first-order valence-electron chi connectivity index (χ1n) is 8.96. The number of anilines is 1. The summed E-state index contributed by atoms with van der Waals surface area (Å²) in [5.74, 6) is 1.30. The maximum Gasteiger partial charge on any atom is 0.243 e. The van der Waals surface area contributed by atoms with Crippen LogP contribution >= 0.6 is 22.9 Å². The van der Waals surface area contributed by atoms with Crippen LogP contribution in [0.15, 0.2) is 41.3 Å². The fraction of sp³-hybridized carbons (Fsp3) is 0.316. The lowest BCUT2D eigenvalue weighted by Gasteiger charge is -2.33. The van der Waals surface area contributed by atoms with E-state index in [1.54, 1.807) is 50.6 Å². The molecule has 1 aliphatic heterocycles. The van der Waals surface area contributed by atoms with Crippen LogP contribution in [0.5, 0.6) is 11.5 Å². The zero-order valence-corrected chi connectivity index (χ0v) is 18.4. The van der Waals surface area contributed by atoms with Gasteiger partial charge in [0.05, 0.1) is 28.8 Å². The summed E-state index contributed by atoms with van der Waals surface area (Å²) in [6.45, 7) is 1.87. The summed E-state index contributed by atoms with van der Waals surface area (Å²) in [7, 11) is -0.391. The molecule has 3 aromatic rings. The molecule has 29 heavy (non-hydrogen) atoms. The number of rotatable bonds is 5. The minimum absolute atomic E-state index is 0.267. The lowest BCUT2D eigenvalue weighted by Crippen LogP contribution is -2.48. The number of aromatic nitrogens is 1. The standard InChI is InChI=1S/C19H20ClN3O4S2/c1-26-13-3-5-14(6-4-13)29(24,25)23-11-9-22(10-12-23)19-21-17-16(27-2)8-7-15(20)18(17)28-19/h3-8H,9-12H2,1-2H3. The van der Waals surface area contributed by atoms with Gasteiger partial charge < -0.3 is 14.4 Å². The monoisotopic (exact) mass is 453 g/mol. The second-order valence-corrected chi connectivity index (χ2v) is 9.81. The summed E-state index contributed by atoms with van der Waals surface area (Å²) >= 11 is 7.80. The number of halogens is 1. The lowest BCUT2D eigenvalue weighted by atomic mass is 10.3. The molecule has 0 saturated carbocycles. The third kappa shape index (κ3) is 3.75. The highest BCUT2D eigenvalue weighted by atomic mass is 35.5. The molecule has 0 radical (unpaired) electrons. The van der Waals surface area contributed by atoms with Gasteiger partial charge in [-0.3, -0.25) is 0 Å². The van der Waals surface area contributed by atoms with Gasteiger partial charge in [0.2, 0.25) is 10.0 Å². The van der Waals surface area contributed by atoms with Crippen molar-refractivity contribution in [2.45, 2.75) is 4.90 Å². The van der Waals surface area contributed by atoms with Gasteiger partial charge in [0.15, 0.2) is 5.13 Å². The van der Waals surface area contributed by atoms with Gasteiger partial charge in [-0.15, -0.1) is 0 Å². The quantitative estimate of drug-likeness (QED) is 0.589. The summed E-state index contributed by atoms with van der Waals surface area (Å²) in [5.41, 5.74) is 0.730. The summed E-state index contributed by atoms with van der Waals surface area (Å²) in [6, 6.07) is 10.0. The van der Waals surface area contributed by atoms with Crippen LogP contribution in [0.25, 0.3) is 10.2 Å². The van der Waals surface area contributed by atoms with E-state index in [0.29, 0.717) is 42.7 Å². The Labute approximate surface area is 178 Å². The molecule has 154 valence electrons. The fourth-order valence-electron chi connectivity index (χ4n) is 3.26. The molecule has 0 unspecified atom stereocenters. The van der Waals surface area contributed by atoms with E-state index >= 15 is 0 Å². The third-order valence-corrected chi connectivity index (χ3v) is 8.36. The van der Waals surface area contributed by atoms with E-state index in [4.69, 9.17) is 21.1 Å². The number of sulfonamides is 1. The van der Waals surface area contributed by atoms with Crippen molar-refractivity contribution in [3.8, 4) is 11.5 Å². The van der Waals surface area contributed by atoms with Crippen molar-refractivity contribution in [1.29, 1.82) is 0 Å². The highest BCUT2D eigenvalue weighted by Gasteiger charge is 2.29. The van der Waals surface area contributed by atoms with Crippen LogP contribution < -0.4 is 14.4 Å². The van der Waals surface area contributed by atoms with E-state index in [2.05, 4.69) is 9.88 Å². The Kier molecular flexibility index (Phi) is 5.56. The van der Waals surface area contributed by atoms with E-state index in [1.165, 1.54) is 15.6 Å². The van der Waals surface area contributed by atoms with Crippen LogP contribution in [0.2, 0.25) is 5.02 Å². The van der Waals surface area contributed by atoms with Gasteiger partial charge >= 0.3 is 0 Å². The molecule has 2 aromatic carbocycles. The Morgan fingerprint density at radius 3 is 2.31 bits per heavy atom. The van der Waals surface area contributed by atoms with Crippen molar-refractivity contribution < 1.29 is 17.9 Å². The fourth-order valence-corrected chi connectivity index (χ4v) is 5.99. The second kappa shape index (κ2) is 7.98. The molecule has 0 aliphatic carbocycles. The van der Waals surface area contributed by atoms with Gasteiger partial charge in [0.1, 0.15) is 17.0 Å². The first-order chi connectivity index (χ1) is 13.9. The van der Waals surface area contributed by atoms with Crippen LogP contribution in [-0.2, 0) is 10.0 Å². The van der Waals surface area contributed by atoms with E-state index in [9.17, 15) is 8.42 Å². The SMILES string of the molecule is COc1ccc(S(=O)(=O)N2CCN(c3nc4c(OC)ccc(Cl)c4s3)CC2)cc1. The summed E-state index contributed by atoms with van der Waals surface area (Å²) in [5, 5.41) is 1.44. The second-order valence-electron chi connectivity index (χ2n) is 6.49. The van der Waals surface area contributed by atoms with Crippen LogP contribution in [0.4, 0.5) is 5.13 Å². The summed E-state index contributed by atoms with van der Waals surface area (Å²) in [4.78, 5) is 7.04. The van der Waals surface area contributed by atoms with Crippen molar-refractivity contribution in [3.05, 3.63) is 41.4 Å². The third-order valence-electron chi connectivity index (χ3n) is 4.87. The van der Waals surface area contributed by atoms with Gasteiger partial charge in [0.25, 0.3) is 0 Å². The van der Waals surface area contributed by atoms with E-state index in [-0.39, 0.29) is 4.90 Å². The predicted molar refractivity (Wildman–Crippen MR) is 115 cm³/mol. The normalized spacial score (nSPS) is 15.6. The minimum Gasteiger partial charge on any atom is -0.497 e. The largest absolute Gasteiger partial charge is 0.497 e. The Hall–Kier alpha value is -2.07. The molecule has 0 spiro atoms. The molecule has 1 saturated heterocycles. The molecular weight excluding hydrogens is 434 g/mol. The average molecular weight is 454 g/mol. The van der Waals surface area contributed by atoms with Crippen molar-refractivity contribution >= 4 is 48.3 Å². The number of hydrogen-bond donors (Lipinski definition) is 0. The Morgan fingerprint density at radius 1 is 1.00 bits per heavy atom. The maximum absolute atomic E-state index is 12.9. The van der Waals surface area contributed by atoms with Crippen molar-refractivity contribution in [3.63, 3.8) is 0 Å². The molecule has 1 aliphatic rings. The van der Waals surface area contributed by atoms with Crippen LogP contribution in [0, 0.1) is 0 Å². The summed E-state index contributed by atoms with van der Waals surface area (Å²) < 4.78 is 38.7. The smallest absolute Gasteiger partial charge is 0.243 e. The van der Waals surface area contributed by atoms with Gasteiger partial charge in [-0.1, -0.05) is 22.9 Å². The number of piperazine rings is 1. The molecular formula is C19H20ClN3O4S2. The number of nitrogens with zero attached hydrogens (tertiary/aromatic N) is 3. The van der Waals surface area contributed by atoms with E-state index in [1.807, 2.05) is 0 Å². The molecule has 0 atom stereocenters. The molecule has 0 N–H and O–H groups in total. The van der Waals surface area contributed by atoms with E-state index in [0.717, 1.165) is 15.3 Å². The topological polar surface area (TPSA) is 72.0 Å². The lowest BCUT2D eigenvalue weighted by molar-refractivity contribution is 0.384. The molecule has 1 aromatic heterocycles.